The maximum absolute atomic E-state index is 13.6. The molecule has 0 aromatic heterocycles. The second-order valence-corrected chi connectivity index (χ2v) is 16.7. The summed E-state index contributed by atoms with van der Waals surface area (Å²) in [7, 11) is 0. The van der Waals surface area contributed by atoms with Gasteiger partial charge in [0.05, 0.1) is 17.7 Å². The predicted molar refractivity (Wildman–Crippen MR) is 208 cm³/mol. The highest BCUT2D eigenvalue weighted by molar-refractivity contribution is 6.33. The van der Waals surface area contributed by atoms with Gasteiger partial charge in [-0.2, -0.15) is 0 Å². The molecule has 0 bridgehead atoms. The van der Waals surface area contributed by atoms with Gasteiger partial charge in [0.2, 0.25) is 17.5 Å². The van der Waals surface area contributed by atoms with Crippen LogP contribution in [0.2, 0.25) is 5.02 Å². The second-order valence-electron chi connectivity index (χ2n) is 16.3. The number of rotatable bonds is 5. The Balaban J connectivity index is 0.757. The van der Waals surface area contributed by atoms with Crippen molar-refractivity contribution in [3.05, 3.63) is 93.8 Å². The van der Waals surface area contributed by atoms with E-state index in [1.807, 2.05) is 35.2 Å². The number of amides is 5. The van der Waals surface area contributed by atoms with Crippen LogP contribution in [0.3, 0.4) is 0 Å². The van der Waals surface area contributed by atoms with Gasteiger partial charge in [-0.1, -0.05) is 17.7 Å². The van der Waals surface area contributed by atoms with E-state index in [0.29, 0.717) is 21.8 Å². The molecule has 0 radical (unpaired) electrons. The molecule has 282 valence electrons. The molecule has 1 unspecified atom stereocenters. The average molecular weight is 760 g/mol. The summed E-state index contributed by atoms with van der Waals surface area (Å²) >= 11 is 6.32. The minimum Gasteiger partial charge on any atom is -0.371 e. The molecule has 5 saturated heterocycles. The molecular formula is C42H42ClN7O5. The van der Waals surface area contributed by atoms with Crippen molar-refractivity contribution in [2.24, 2.45) is 10.8 Å². The lowest BCUT2D eigenvalue weighted by Gasteiger charge is -2.55. The van der Waals surface area contributed by atoms with E-state index in [1.165, 1.54) is 0 Å². The van der Waals surface area contributed by atoms with Crippen molar-refractivity contribution in [3.8, 4) is 0 Å². The number of nitrogens with zero attached hydrogens (tertiary/aromatic N) is 6. The summed E-state index contributed by atoms with van der Waals surface area (Å²) in [6, 6.07) is 18.1. The maximum atomic E-state index is 13.6. The summed E-state index contributed by atoms with van der Waals surface area (Å²) in [4.78, 5) is 77.5. The van der Waals surface area contributed by atoms with Crippen LogP contribution >= 0.6 is 11.6 Å². The van der Waals surface area contributed by atoms with Gasteiger partial charge in [0.1, 0.15) is 6.04 Å². The molecule has 1 N–H and O–H groups in total. The summed E-state index contributed by atoms with van der Waals surface area (Å²) in [5.74, 6) is -1.88. The van der Waals surface area contributed by atoms with Crippen LogP contribution in [0.5, 0.6) is 0 Å². The molecule has 3 aromatic carbocycles. The SMILES string of the molecule is [C-]#[N+]c1ccc(N2CCC3(CCN(C(=O)c4ccc(N5CCC6(CC5)CN(c5ccc7c(c5)C(=O)N(C5CCC(=O)NC5=O)C7=O)C6)cc4)CC3)C2)cc1Cl. The fourth-order valence-corrected chi connectivity index (χ4v) is 9.90. The Bertz CT molecular complexity index is 2160. The number of likely N-dealkylation sites (tertiary alicyclic amines) is 1. The van der Waals surface area contributed by atoms with Crippen LogP contribution < -0.4 is 20.0 Å². The molecule has 2 spiro atoms. The molecule has 5 fully saturated rings. The largest absolute Gasteiger partial charge is 0.371 e. The highest BCUT2D eigenvalue weighted by atomic mass is 35.5. The van der Waals surface area contributed by atoms with Crippen molar-refractivity contribution in [2.75, 3.05) is 67.1 Å². The Hall–Kier alpha value is -5.41. The zero-order valence-electron chi connectivity index (χ0n) is 30.6. The highest BCUT2D eigenvalue weighted by Crippen LogP contribution is 2.45. The van der Waals surface area contributed by atoms with Crippen molar-refractivity contribution < 1.29 is 24.0 Å². The zero-order valence-corrected chi connectivity index (χ0v) is 31.3. The Morgan fingerprint density at radius 1 is 0.709 bits per heavy atom. The number of hydrogen-bond donors (Lipinski definition) is 1. The van der Waals surface area contributed by atoms with E-state index in [1.54, 1.807) is 18.2 Å². The summed E-state index contributed by atoms with van der Waals surface area (Å²) in [6.07, 6.45) is 5.32. The highest BCUT2D eigenvalue weighted by Gasteiger charge is 2.48. The van der Waals surface area contributed by atoms with Gasteiger partial charge in [-0.05, 0) is 98.5 Å². The molecule has 6 aliphatic rings. The van der Waals surface area contributed by atoms with E-state index in [4.69, 9.17) is 18.2 Å². The standard InChI is InChI=1S/C42H42ClN7O5/c1-44-34-9-7-30(23-33(34)43)48-21-14-41(24-48)12-19-47(20-13-41)38(53)27-2-4-28(5-3-27)46-17-15-42(16-18-46)25-49(26-42)29-6-8-31-32(22-29)40(55)50(39(31)54)35-10-11-36(51)45-37(35)52/h2-9,22-23,35H,10-21,24-26H2,(H,45,51,52). The third-order valence-electron chi connectivity index (χ3n) is 13.1. The van der Waals surface area contributed by atoms with Crippen LogP contribution in [-0.4, -0.2) is 97.7 Å². The van der Waals surface area contributed by atoms with Crippen molar-refractivity contribution in [3.63, 3.8) is 0 Å². The average Bonchev–Trinajstić information content (AvgIpc) is 3.71. The summed E-state index contributed by atoms with van der Waals surface area (Å²) in [5.41, 5.74) is 5.25. The molecule has 9 rings (SSSR count). The molecule has 13 heteroatoms. The lowest BCUT2D eigenvalue weighted by Crippen LogP contribution is -2.60. The van der Waals surface area contributed by atoms with Gasteiger partial charge in [-0.25, -0.2) is 4.85 Å². The molecule has 3 aromatic rings. The monoisotopic (exact) mass is 759 g/mol. The van der Waals surface area contributed by atoms with Crippen LogP contribution in [0.25, 0.3) is 4.85 Å². The first-order valence-electron chi connectivity index (χ1n) is 19.2. The first-order valence-corrected chi connectivity index (χ1v) is 19.6. The number of benzene rings is 3. The van der Waals surface area contributed by atoms with Crippen molar-refractivity contribution in [1.29, 1.82) is 0 Å². The first kappa shape index (κ1) is 35.3. The van der Waals surface area contributed by atoms with Gasteiger partial charge in [-0.15, -0.1) is 0 Å². The smallest absolute Gasteiger partial charge is 0.262 e. The van der Waals surface area contributed by atoms with Crippen molar-refractivity contribution >= 4 is 63.9 Å². The van der Waals surface area contributed by atoms with Crippen LogP contribution in [0.15, 0.2) is 60.7 Å². The predicted octanol–water partition coefficient (Wildman–Crippen LogP) is 5.53. The van der Waals surface area contributed by atoms with Gasteiger partial charge in [-0.3, -0.25) is 34.2 Å². The molecule has 0 aliphatic carbocycles. The molecule has 0 saturated carbocycles. The van der Waals surface area contributed by atoms with E-state index in [-0.39, 0.29) is 29.6 Å². The zero-order chi connectivity index (χ0) is 38.1. The van der Waals surface area contributed by atoms with Gasteiger partial charge < -0.3 is 19.6 Å². The Morgan fingerprint density at radius 3 is 2.00 bits per heavy atom. The van der Waals surface area contributed by atoms with Gasteiger partial charge >= 0.3 is 0 Å². The number of anilines is 3. The quantitative estimate of drug-likeness (QED) is 0.267. The fourth-order valence-electron chi connectivity index (χ4n) is 9.69. The fraction of sp³-hybridized carbons (Fsp3) is 0.429. The van der Waals surface area contributed by atoms with E-state index in [2.05, 4.69) is 37.0 Å². The topological polar surface area (TPSA) is 118 Å². The lowest BCUT2D eigenvalue weighted by molar-refractivity contribution is -0.136. The summed E-state index contributed by atoms with van der Waals surface area (Å²) < 4.78 is 0. The molecular weight excluding hydrogens is 718 g/mol. The lowest BCUT2D eigenvalue weighted by atomic mass is 9.71. The van der Waals surface area contributed by atoms with Crippen molar-refractivity contribution in [2.45, 2.75) is 51.0 Å². The Morgan fingerprint density at radius 2 is 1.31 bits per heavy atom. The minimum absolute atomic E-state index is 0.0891. The van der Waals surface area contributed by atoms with E-state index < -0.39 is 29.7 Å². The number of carbonyl (C=O) groups is 5. The molecule has 12 nitrogen and oxygen atoms in total. The third-order valence-corrected chi connectivity index (χ3v) is 13.4. The van der Waals surface area contributed by atoms with Gasteiger partial charge in [0.15, 0.2) is 0 Å². The molecule has 5 amide bonds. The Kier molecular flexibility index (Phi) is 8.61. The third kappa shape index (κ3) is 6.18. The number of halogens is 1. The number of piperidine rings is 3. The maximum Gasteiger partial charge on any atom is 0.262 e. The number of imide groups is 2. The molecule has 55 heavy (non-hydrogen) atoms. The molecule has 6 aliphatic heterocycles. The van der Waals surface area contributed by atoms with Gasteiger partial charge in [0, 0.05) is 91.8 Å². The van der Waals surface area contributed by atoms with E-state index in [0.717, 1.165) is 112 Å². The second kappa shape index (κ2) is 13.4. The number of nitrogens with one attached hydrogen (secondary N) is 1. The summed E-state index contributed by atoms with van der Waals surface area (Å²) in [6.45, 7) is 14.2. The Labute approximate surface area is 324 Å². The summed E-state index contributed by atoms with van der Waals surface area (Å²) in [5, 5.41) is 2.74. The van der Waals surface area contributed by atoms with Crippen molar-refractivity contribution in [1.82, 2.24) is 15.1 Å². The van der Waals surface area contributed by atoms with Crippen LogP contribution in [-0.2, 0) is 9.59 Å². The minimum atomic E-state index is -0.973. The first-order chi connectivity index (χ1) is 26.5. The normalized spacial score (nSPS) is 22.9. The van der Waals surface area contributed by atoms with E-state index in [9.17, 15) is 24.0 Å². The molecule has 6 heterocycles. The van der Waals surface area contributed by atoms with Crippen LogP contribution in [0.4, 0.5) is 22.7 Å². The van der Waals surface area contributed by atoms with Crippen LogP contribution in [0, 0.1) is 17.4 Å². The number of carbonyl (C=O) groups excluding carboxylic acids is 5. The number of hydrogen-bond acceptors (Lipinski definition) is 8. The van der Waals surface area contributed by atoms with E-state index >= 15 is 0 Å². The van der Waals surface area contributed by atoms with Gasteiger partial charge in [0.25, 0.3) is 17.7 Å². The van der Waals surface area contributed by atoms with Crippen LogP contribution in [0.1, 0.15) is 76.0 Å². The number of fused-ring (bicyclic) bond motifs is 1. The molecule has 1 atom stereocenters.